The highest BCUT2D eigenvalue weighted by Gasteiger charge is 2.18. The molecule has 0 unspecified atom stereocenters. The topological polar surface area (TPSA) is 66.5 Å². The molecule has 0 aliphatic rings. The minimum atomic E-state index is -3.78. The molecule has 31 heavy (non-hydrogen) atoms. The summed E-state index contributed by atoms with van der Waals surface area (Å²) in [6.45, 7) is 0. The van der Waals surface area contributed by atoms with Gasteiger partial charge in [-0.05, 0) is 82.2 Å². The number of halogens is 2. The van der Waals surface area contributed by atoms with Gasteiger partial charge in [0.05, 0.1) is 0 Å². The normalized spacial score (nSPS) is 11.5. The Balaban J connectivity index is 1.70. The van der Waals surface area contributed by atoms with Crippen molar-refractivity contribution in [2.45, 2.75) is 4.90 Å². The summed E-state index contributed by atoms with van der Waals surface area (Å²) < 4.78 is 29.0. The predicted octanol–water partition coefficient (Wildman–Crippen LogP) is 5.97. The lowest BCUT2D eigenvalue weighted by molar-refractivity contribution is 0.104. The van der Waals surface area contributed by atoms with Crippen LogP contribution in [-0.4, -0.2) is 28.3 Å². The zero-order chi connectivity index (χ0) is 22.6. The van der Waals surface area contributed by atoms with Crippen LogP contribution in [-0.2, 0) is 10.0 Å². The molecule has 0 aromatic heterocycles. The summed E-state index contributed by atoms with van der Waals surface area (Å²) >= 11 is 6.54. The number of sulfonamides is 1. The molecule has 0 bridgehead atoms. The number of nitrogens with zero attached hydrogens (tertiary/aromatic N) is 1. The van der Waals surface area contributed by atoms with E-state index in [9.17, 15) is 13.2 Å². The van der Waals surface area contributed by atoms with Crippen LogP contribution in [0, 0.1) is 0 Å². The predicted molar refractivity (Wildman–Crippen MR) is 133 cm³/mol. The van der Waals surface area contributed by atoms with Gasteiger partial charge in [0.15, 0.2) is 5.78 Å². The van der Waals surface area contributed by atoms with Crippen LogP contribution in [0.4, 0.5) is 11.4 Å². The Kier molecular flexibility index (Phi) is 7.35. The summed E-state index contributed by atoms with van der Waals surface area (Å²) in [6.07, 6.45) is 3.26. The zero-order valence-electron chi connectivity index (χ0n) is 16.8. The van der Waals surface area contributed by atoms with Crippen LogP contribution in [0.25, 0.3) is 6.08 Å². The van der Waals surface area contributed by atoms with E-state index in [0.717, 1.165) is 11.3 Å². The fourth-order valence-corrected chi connectivity index (χ4v) is 5.31. The van der Waals surface area contributed by atoms with E-state index in [1.807, 2.05) is 43.3 Å². The maximum absolute atomic E-state index is 12.7. The van der Waals surface area contributed by atoms with Crippen LogP contribution < -0.4 is 9.62 Å². The second-order valence-corrected chi connectivity index (χ2v) is 10.4. The second-order valence-electron chi connectivity index (χ2n) is 6.94. The molecule has 0 aliphatic carbocycles. The quantitative estimate of drug-likeness (QED) is 0.284. The summed E-state index contributed by atoms with van der Waals surface area (Å²) in [7, 11) is 0.151. The highest BCUT2D eigenvalue weighted by molar-refractivity contribution is 9.11. The Morgan fingerprint density at radius 3 is 2.19 bits per heavy atom. The molecule has 0 saturated carbocycles. The van der Waals surface area contributed by atoms with Gasteiger partial charge in [-0.2, -0.15) is 0 Å². The van der Waals surface area contributed by atoms with Crippen molar-refractivity contribution in [3.05, 3.63) is 92.9 Å². The van der Waals surface area contributed by atoms with Crippen molar-refractivity contribution in [1.29, 1.82) is 0 Å². The molecule has 0 amide bonds. The lowest BCUT2D eigenvalue weighted by Crippen LogP contribution is -2.13. The Labute approximate surface area is 199 Å². The van der Waals surface area contributed by atoms with Crippen molar-refractivity contribution in [1.82, 2.24) is 0 Å². The van der Waals surface area contributed by atoms with Gasteiger partial charge in [0.2, 0.25) is 0 Å². The molecular weight excluding hydrogens is 544 g/mol. The molecule has 0 aliphatic heterocycles. The highest BCUT2D eigenvalue weighted by atomic mass is 79.9. The van der Waals surface area contributed by atoms with Gasteiger partial charge >= 0.3 is 0 Å². The molecule has 1 N–H and O–H groups in total. The number of allylic oxidation sites excluding steroid dienone is 1. The number of anilines is 2. The van der Waals surface area contributed by atoms with Gasteiger partial charge in [-0.15, -0.1) is 0 Å². The third-order valence-corrected chi connectivity index (χ3v) is 7.31. The average molecular weight is 564 g/mol. The summed E-state index contributed by atoms with van der Waals surface area (Å²) in [6, 6.07) is 19.1. The lowest BCUT2D eigenvalue weighted by Gasteiger charge is -2.11. The molecule has 0 spiro atoms. The first-order valence-electron chi connectivity index (χ1n) is 9.23. The molecule has 8 heteroatoms. The SMILES string of the molecule is CN(C)c1ccc(/C=C/C(=O)c2ccc(NS(=O)(=O)c3cc(Br)ccc3Br)cc2)cc1. The number of hydrogen-bond donors (Lipinski definition) is 1. The van der Waals surface area contributed by atoms with E-state index in [1.165, 1.54) is 12.1 Å². The molecule has 5 nitrogen and oxygen atoms in total. The van der Waals surface area contributed by atoms with E-state index >= 15 is 0 Å². The largest absolute Gasteiger partial charge is 0.378 e. The minimum Gasteiger partial charge on any atom is -0.378 e. The summed E-state index contributed by atoms with van der Waals surface area (Å²) in [5.41, 5.74) is 2.83. The highest BCUT2D eigenvalue weighted by Crippen LogP contribution is 2.27. The average Bonchev–Trinajstić information content (AvgIpc) is 2.74. The summed E-state index contributed by atoms with van der Waals surface area (Å²) in [4.78, 5) is 14.6. The maximum atomic E-state index is 12.7. The van der Waals surface area contributed by atoms with Crippen molar-refractivity contribution in [3.8, 4) is 0 Å². The Hall–Kier alpha value is -2.42. The third-order valence-electron chi connectivity index (χ3n) is 4.44. The molecule has 0 heterocycles. The Morgan fingerprint density at radius 2 is 1.58 bits per heavy atom. The van der Waals surface area contributed by atoms with E-state index in [2.05, 4.69) is 36.6 Å². The van der Waals surface area contributed by atoms with Gasteiger partial charge in [0, 0.05) is 40.0 Å². The smallest absolute Gasteiger partial charge is 0.263 e. The number of hydrogen-bond acceptors (Lipinski definition) is 4. The Morgan fingerprint density at radius 1 is 0.935 bits per heavy atom. The van der Waals surface area contributed by atoms with Crippen LogP contribution in [0.5, 0.6) is 0 Å². The number of benzene rings is 3. The fourth-order valence-electron chi connectivity index (χ4n) is 2.75. The van der Waals surface area contributed by atoms with Crippen LogP contribution in [0.1, 0.15) is 15.9 Å². The lowest BCUT2D eigenvalue weighted by atomic mass is 10.1. The van der Waals surface area contributed by atoms with E-state index < -0.39 is 10.0 Å². The fraction of sp³-hybridized carbons (Fsp3) is 0.0870. The number of carbonyl (C=O) groups excluding carboxylic acids is 1. The minimum absolute atomic E-state index is 0.116. The van der Waals surface area contributed by atoms with Crippen molar-refractivity contribution < 1.29 is 13.2 Å². The first-order valence-corrected chi connectivity index (χ1v) is 12.3. The monoisotopic (exact) mass is 562 g/mol. The van der Waals surface area contributed by atoms with E-state index in [0.29, 0.717) is 20.2 Å². The number of ketones is 1. The first-order chi connectivity index (χ1) is 14.7. The van der Waals surface area contributed by atoms with Gasteiger partial charge in [0.25, 0.3) is 10.0 Å². The molecule has 0 atom stereocenters. The van der Waals surface area contributed by atoms with Crippen molar-refractivity contribution in [2.24, 2.45) is 0 Å². The van der Waals surface area contributed by atoms with Gasteiger partial charge in [0.1, 0.15) is 4.90 Å². The molecule has 0 radical (unpaired) electrons. The molecule has 0 saturated heterocycles. The van der Waals surface area contributed by atoms with Gasteiger partial charge in [-0.3, -0.25) is 9.52 Å². The molecular formula is C23H20Br2N2O3S. The molecule has 3 aromatic rings. The number of nitrogens with one attached hydrogen (secondary N) is 1. The zero-order valence-corrected chi connectivity index (χ0v) is 20.8. The molecule has 3 aromatic carbocycles. The van der Waals surface area contributed by atoms with Crippen molar-refractivity contribution in [3.63, 3.8) is 0 Å². The van der Waals surface area contributed by atoms with E-state index in [4.69, 9.17) is 0 Å². The maximum Gasteiger partial charge on any atom is 0.263 e. The number of rotatable bonds is 7. The van der Waals surface area contributed by atoms with Crippen LogP contribution >= 0.6 is 31.9 Å². The van der Waals surface area contributed by atoms with Crippen LogP contribution in [0.3, 0.4) is 0 Å². The van der Waals surface area contributed by atoms with Gasteiger partial charge in [-0.1, -0.05) is 34.1 Å². The molecule has 3 rings (SSSR count). The Bertz CT molecular complexity index is 1220. The summed E-state index contributed by atoms with van der Waals surface area (Å²) in [5.74, 6) is -0.166. The van der Waals surface area contributed by atoms with Crippen molar-refractivity contribution in [2.75, 3.05) is 23.7 Å². The first kappa shape index (κ1) is 23.2. The van der Waals surface area contributed by atoms with Gasteiger partial charge < -0.3 is 4.90 Å². The van der Waals surface area contributed by atoms with Crippen molar-refractivity contribution >= 4 is 65.1 Å². The van der Waals surface area contributed by atoms with E-state index in [-0.39, 0.29) is 10.7 Å². The molecule has 160 valence electrons. The third kappa shape index (κ3) is 6.06. The standard InChI is InChI=1S/C23H20Br2N2O3S/c1-27(2)20-11-3-16(4-12-20)5-14-22(28)17-6-9-19(10-7-17)26-31(29,30)23-15-18(24)8-13-21(23)25/h3-15,26H,1-2H3/b14-5+. The second kappa shape index (κ2) is 9.80. The van der Waals surface area contributed by atoms with Crippen LogP contribution in [0.15, 0.2) is 86.6 Å². The van der Waals surface area contributed by atoms with E-state index in [1.54, 1.807) is 42.5 Å². The van der Waals surface area contributed by atoms with Crippen LogP contribution in [0.2, 0.25) is 0 Å². The molecule has 0 fully saturated rings. The van der Waals surface area contributed by atoms with Gasteiger partial charge in [-0.25, -0.2) is 8.42 Å². The number of carbonyl (C=O) groups is 1. The summed E-state index contributed by atoms with van der Waals surface area (Å²) in [5, 5.41) is 0.